The fourth-order valence-corrected chi connectivity index (χ4v) is 8.48. The van der Waals surface area contributed by atoms with Gasteiger partial charge in [-0.25, -0.2) is 0 Å². The Morgan fingerprint density at radius 3 is 1.74 bits per heavy atom. The first-order chi connectivity index (χ1) is 20.9. The minimum Gasteiger partial charge on any atom is -0.455 e. The van der Waals surface area contributed by atoms with Gasteiger partial charge in [-0.1, -0.05) is 140 Å². The molecular formula is C42H32O. The number of aryl methyl sites for hydroxylation is 2. The van der Waals surface area contributed by atoms with Crippen LogP contribution in [0.15, 0.2) is 126 Å². The molecule has 0 amide bonds. The van der Waals surface area contributed by atoms with Crippen LogP contribution in [0.5, 0.6) is 0 Å². The van der Waals surface area contributed by atoms with Gasteiger partial charge in [0.15, 0.2) is 0 Å². The van der Waals surface area contributed by atoms with Gasteiger partial charge in [-0.2, -0.15) is 0 Å². The van der Waals surface area contributed by atoms with Crippen LogP contribution in [0.4, 0.5) is 0 Å². The van der Waals surface area contributed by atoms with Crippen molar-refractivity contribution in [2.24, 2.45) is 0 Å². The van der Waals surface area contributed by atoms with E-state index in [4.69, 9.17) is 4.42 Å². The maximum Gasteiger partial charge on any atom is 0.144 e. The molecule has 0 N–H and O–H groups in total. The van der Waals surface area contributed by atoms with Crippen LogP contribution in [0.25, 0.3) is 44.2 Å². The van der Waals surface area contributed by atoms with E-state index in [9.17, 15) is 0 Å². The molecule has 0 atom stereocenters. The fraction of sp³-hybridized carbons (Fsp3) is 0.143. The van der Waals surface area contributed by atoms with Crippen molar-refractivity contribution in [3.63, 3.8) is 0 Å². The van der Waals surface area contributed by atoms with Crippen LogP contribution >= 0.6 is 0 Å². The Morgan fingerprint density at radius 1 is 0.535 bits per heavy atom. The molecule has 1 nitrogen and oxygen atoms in total. The van der Waals surface area contributed by atoms with E-state index in [1.54, 1.807) is 0 Å². The molecule has 0 aliphatic heterocycles. The van der Waals surface area contributed by atoms with Crippen LogP contribution in [0, 0.1) is 13.8 Å². The summed E-state index contributed by atoms with van der Waals surface area (Å²) in [5.74, 6) is 0. The summed E-state index contributed by atoms with van der Waals surface area (Å²) >= 11 is 0. The maximum atomic E-state index is 6.92. The Labute approximate surface area is 252 Å². The van der Waals surface area contributed by atoms with Crippen molar-refractivity contribution in [1.82, 2.24) is 0 Å². The molecule has 2 aliphatic carbocycles. The van der Waals surface area contributed by atoms with Crippen molar-refractivity contribution in [3.8, 4) is 22.3 Å². The molecule has 6 aromatic carbocycles. The highest BCUT2D eigenvalue weighted by molar-refractivity contribution is 6.21. The lowest BCUT2D eigenvalue weighted by atomic mass is 9.63. The van der Waals surface area contributed by atoms with E-state index < -0.39 is 5.41 Å². The highest BCUT2D eigenvalue weighted by atomic mass is 16.3. The molecule has 0 bridgehead atoms. The molecule has 0 unspecified atom stereocenters. The average Bonchev–Trinajstić information content (AvgIpc) is 3.62. The van der Waals surface area contributed by atoms with E-state index >= 15 is 0 Å². The second-order valence-corrected chi connectivity index (χ2v) is 13.0. The first-order valence-electron chi connectivity index (χ1n) is 15.3. The summed E-state index contributed by atoms with van der Waals surface area (Å²) in [4.78, 5) is 0. The molecule has 0 saturated heterocycles. The molecule has 1 aromatic heterocycles. The van der Waals surface area contributed by atoms with E-state index in [2.05, 4.69) is 149 Å². The molecule has 7 aromatic rings. The van der Waals surface area contributed by atoms with E-state index in [0.29, 0.717) is 0 Å². The normalized spacial score (nSPS) is 15.3. The number of fused-ring (bicyclic) bond motifs is 12. The summed E-state index contributed by atoms with van der Waals surface area (Å²) in [6, 6.07) is 45.0. The highest BCUT2D eigenvalue weighted by Crippen LogP contribution is 2.66. The Balaban J connectivity index is 1.62. The molecule has 1 heterocycles. The van der Waals surface area contributed by atoms with Crippen molar-refractivity contribution in [2.75, 3.05) is 0 Å². The SMILES string of the molecule is Cc1ccc2c(c1)C(C)(C)c1c3c(c4c(oc5ccccc54)c1-2)-c1ccc(C)cc1C3(c1ccccc1)c1ccccc1. The smallest absolute Gasteiger partial charge is 0.144 e. The molecule has 0 saturated carbocycles. The maximum absolute atomic E-state index is 6.92. The van der Waals surface area contributed by atoms with Crippen molar-refractivity contribution in [1.29, 1.82) is 0 Å². The monoisotopic (exact) mass is 552 g/mol. The van der Waals surface area contributed by atoms with Crippen LogP contribution < -0.4 is 0 Å². The van der Waals surface area contributed by atoms with Gasteiger partial charge < -0.3 is 4.42 Å². The van der Waals surface area contributed by atoms with E-state index in [1.165, 1.54) is 77.5 Å². The second kappa shape index (κ2) is 8.36. The number of rotatable bonds is 2. The number of para-hydroxylation sites is 1. The van der Waals surface area contributed by atoms with Crippen molar-refractivity contribution < 1.29 is 4.42 Å². The quantitative estimate of drug-likeness (QED) is 0.208. The molecule has 2 aliphatic rings. The molecular weight excluding hydrogens is 520 g/mol. The van der Waals surface area contributed by atoms with Crippen molar-refractivity contribution in [2.45, 2.75) is 38.5 Å². The summed E-state index contributed by atoms with van der Waals surface area (Å²) in [5, 5.41) is 2.41. The zero-order chi connectivity index (χ0) is 29.1. The third kappa shape index (κ3) is 2.97. The van der Waals surface area contributed by atoms with Crippen LogP contribution in [-0.4, -0.2) is 0 Å². The minimum absolute atomic E-state index is 0.236. The van der Waals surface area contributed by atoms with Gasteiger partial charge in [0, 0.05) is 21.8 Å². The predicted molar refractivity (Wildman–Crippen MR) is 178 cm³/mol. The Hall–Kier alpha value is -4.88. The second-order valence-electron chi connectivity index (χ2n) is 13.0. The Morgan fingerprint density at radius 2 is 1.09 bits per heavy atom. The lowest BCUT2D eigenvalue weighted by molar-refractivity contribution is 0.630. The summed E-state index contributed by atoms with van der Waals surface area (Å²) in [6.45, 7) is 9.26. The number of furan rings is 1. The van der Waals surface area contributed by atoms with E-state index in [1.807, 2.05) is 0 Å². The van der Waals surface area contributed by atoms with Crippen LogP contribution in [0.1, 0.15) is 58.4 Å². The number of hydrogen-bond acceptors (Lipinski definition) is 1. The summed E-state index contributed by atoms with van der Waals surface area (Å²) in [5.41, 5.74) is 17.0. The van der Waals surface area contributed by atoms with Gasteiger partial charge in [0.25, 0.3) is 0 Å². The molecule has 43 heavy (non-hydrogen) atoms. The first kappa shape index (κ1) is 24.7. The van der Waals surface area contributed by atoms with Crippen molar-refractivity contribution in [3.05, 3.63) is 166 Å². The topological polar surface area (TPSA) is 13.1 Å². The standard InChI is InChI=1S/C42H32O/c1-25-19-21-29-32(23-25)41(3,4)38-37(29)40-36(31-17-11-12-18-34(31)43-40)35-30-22-20-26(2)24-33(30)42(39(35)38,27-13-7-5-8-14-27)28-15-9-6-10-16-28/h5-24H,1-4H3. The Kier molecular flexibility index (Phi) is 4.80. The zero-order valence-corrected chi connectivity index (χ0v) is 25.0. The van der Waals surface area contributed by atoms with E-state index in [0.717, 1.165) is 11.2 Å². The largest absolute Gasteiger partial charge is 0.455 e. The van der Waals surface area contributed by atoms with Gasteiger partial charge in [0.2, 0.25) is 0 Å². The van der Waals surface area contributed by atoms with Gasteiger partial charge in [-0.3, -0.25) is 0 Å². The average molecular weight is 553 g/mol. The fourth-order valence-electron chi connectivity index (χ4n) is 8.48. The zero-order valence-electron chi connectivity index (χ0n) is 25.0. The van der Waals surface area contributed by atoms with Gasteiger partial charge >= 0.3 is 0 Å². The molecule has 9 rings (SSSR count). The van der Waals surface area contributed by atoms with Gasteiger partial charge in [0.1, 0.15) is 11.2 Å². The van der Waals surface area contributed by atoms with Crippen molar-refractivity contribution >= 4 is 21.9 Å². The molecule has 1 heteroatoms. The summed E-state index contributed by atoms with van der Waals surface area (Å²) in [6.07, 6.45) is 0. The van der Waals surface area contributed by atoms with Gasteiger partial charge in [-0.05, 0) is 70.0 Å². The molecule has 0 radical (unpaired) electrons. The lowest BCUT2D eigenvalue weighted by Gasteiger charge is -2.38. The number of benzene rings is 6. The van der Waals surface area contributed by atoms with Gasteiger partial charge in [0.05, 0.1) is 5.41 Å². The molecule has 206 valence electrons. The van der Waals surface area contributed by atoms with Crippen LogP contribution in [0.3, 0.4) is 0 Å². The Bertz CT molecular complexity index is 2230. The molecule has 0 spiro atoms. The third-order valence-corrected chi connectivity index (χ3v) is 10.2. The molecule has 0 fully saturated rings. The predicted octanol–water partition coefficient (Wildman–Crippen LogP) is 10.9. The third-order valence-electron chi connectivity index (χ3n) is 10.2. The minimum atomic E-state index is -0.496. The van der Waals surface area contributed by atoms with Crippen LogP contribution in [-0.2, 0) is 10.8 Å². The lowest BCUT2D eigenvalue weighted by Crippen LogP contribution is -2.32. The van der Waals surface area contributed by atoms with Gasteiger partial charge in [-0.15, -0.1) is 0 Å². The highest BCUT2D eigenvalue weighted by Gasteiger charge is 2.53. The van der Waals surface area contributed by atoms with E-state index in [-0.39, 0.29) is 5.41 Å². The summed E-state index contributed by atoms with van der Waals surface area (Å²) < 4.78 is 6.92. The summed E-state index contributed by atoms with van der Waals surface area (Å²) in [7, 11) is 0. The van der Waals surface area contributed by atoms with Crippen LogP contribution in [0.2, 0.25) is 0 Å². The number of hydrogen-bond donors (Lipinski definition) is 0. The first-order valence-corrected chi connectivity index (χ1v) is 15.3.